The van der Waals surface area contributed by atoms with Crippen LogP contribution in [0.5, 0.6) is 17.2 Å². The van der Waals surface area contributed by atoms with Gasteiger partial charge in [-0.3, -0.25) is 0 Å². The van der Waals surface area contributed by atoms with Gasteiger partial charge < -0.3 is 24.8 Å². The second kappa shape index (κ2) is 10.9. The van der Waals surface area contributed by atoms with Crippen LogP contribution in [0.25, 0.3) is 0 Å². The molecule has 0 radical (unpaired) electrons. The molecule has 0 heterocycles. The second-order valence-corrected chi connectivity index (χ2v) is 5.54. The van der Waals surface area contributed by atoms with Crippen molar-refractivity contribution in [3.63, 3.8) is 0 Å². The molecule has 0 fully saturated rings. The lowest BCUT2D eigenvalue weighted by atomic mass is 10.1. The first-order chi connectivity index (χ1) is 12.7. The Hall–Kier alpha value is -2.89. The molecule has 0 bridgehead atoms. The molecule has 0 aliphatic carbocycles. The van der Waals surface area contributed by atoms with Crippen LogP contribution in [-0.2, 0) is 6.42 Å². The van der Waals surface area contributed by atoms with Gasteiger partial charge in [0, 0.05) is 12.6 Å². The average molecular weight is 358 g/mol. The van der Waals surface area contributed by atoms with E-state index in [9.17, 15) is 4.79 Å². The molecule has 6 nitrogen and oxygen atoms in total. The van der Waals surface area contributed by atoms with Crippen LogP contribution < -0.4 is 24.8 Å². The van der Waals surface area contributed by atoms with Crippen molar-refractivity contribution in [3.05, 3.63) is 54.1 Å². The van der Waals surface area contributed by atoms with Crippen molar-refractivity contribution in [2.45, 2.75) is 13.3 Å². The number of hydrogen-bond donors (Lipinski definition) is 2. The van der Waals surface area contributed by atoms with Gasteiger partial charge in [0.15, 0.2) is 0 Å². The average Bonchev–Trinajstić information content (AvgIpc) is 2.66. The van der Waals surface area contributed by atoms with Gasteiger partial charge in [0.25, 0.3) is 0 Å². The highest BCUT2D eigenvalue weighted by Gasteiger charge is 2.01. The summed E-state index contributed by atoms with van der Waals surface area (Å²) in [7, 11) is 1.64. The smallest absolute Gasteiger partial charge is 0.314 e. The number of rotatable bonds is 10. The molecule has 0 spiro atoms. The van der Waals surface area contributed by atoms with Crippen molar-refractivity contribution >= 4 is 6.03 Å². The van der Waals surface area contributed by atoms with E-state index in [0.717, 1.165) is 29.2 Å². The van der Waals surface area contributed by atoms with E-state index in [2.05, 4.69) is 10.6 Å². The zero-order valence-corrected chi connectivity index (χ0v) is 15.3. The van der Waals surface area contributed by atoms with Crippen LogP contribution in [0.15, 0.2) is 48.5 Å². The second-order valence-electron chi connectivity index (χ2n) is 5.54. The molecule has 2 aromatic carbocycles. The number of hydrogen-bond acceptors (Lipinski definition) is 4. The Labute approximate surface area is 154 Å². The maximum absolute atomic E-state index is 11.8. The highest BCUT2D eigenvalue weighted by molar-refractivity contribution is 5.73. The normalized spacial score (nSPS) is 10.1. The number of benzene rings is 2. The minimum absolute atomic E-state index is 0.204. The first-order valence-corrected chi connectivity index (χ1v) is 8.71. The molecule has 0 unspecified atom stereocenters. The predicted molar refractivity (Wildman–Crippen MR) is 101 cm³/mol. The topological polar surface area (TPSA) is 68.8 Å². The van der Waals surface area contributed by atoms with Crippen LogP contribution in [0.3, 0.4) is 0 Å². The Kier molecular flexibility index (Phi) is 8.12. The summed E-state index contributed by atoms with van der Waals surface area (Å²) in [4.78, 5) is 11.8. The monoisotopic (exact) mass is 358 g/mol. The Bertz CT molecular complexity index is 674. The fraction of sp³-hybridized carbons (Fsp3) is 0.350. The number of ether oxygens (including phenoxy) is 3. The van der Waals surface area contributed by atoms with Gasteiger partial charge in [-0.1, -0.05) is 18.2 Å². The third-order valence-electron chi connectivity index (χ3n) is 3.63. The molecule has 6 heteroatoms. The quantitative estimate of drug-likeness (QED) is 0.641. The SMILES string of the molecule is CCOc1cccc(OCCNC(=O)NCCc2ccc(OC)cc2)c1. The van der Waals surface area contributed by atoms with Crippen LogP contribution in [0.2, 0.25) is 0 Å². The van der Waals surface area contributed by atoms with Crippen LogP contribution in [0.4, 0.5) is 4.79 Å². The molecule has 0 saturated carbocycles. The van der Waals surface area contributed by atoms with Gasteiger partial charge in [-0.25, -0.2) is 4.79 Å². The van der Waals surface area contributed by atoms with Gasteiger partial charge in [0.05, 0.1) is 20.3 Å². The first kappa shape index (κ1) is 19.4. The Morgan fingerprint density at radius 3 is 2.31 bits per heavy atom. The molecule has 0 aromatic heterocycles. The maximum Gasteiger partial charge on any atom is 0.314 e. The summed E-state index contributed by atoms with van der Waals surface area (Å²) in [6.45, 7) is 3.93. The summed E-state index contributed by atoms with van der Waals surface area (Å²) < 4.78 is 16.1. The van der Waals surface area contributed by atoms with Crippen LogP contribution in [0.1, 0.15) is 12.5 Å². The molecule has 2 N–H and O–H groups in total. The van der Waals surface area contributed by atoms with Gasteiger partial charge in [-0.2, -0.15) is 0 Å². The number of amides is 2. The molecule has 26 heavy (non-hydrogen) atoms. The molecule has 2 aromatic rings. The number of carbonyl (C=O) groups is 1. The number of methoxy groups -OCH3 is 1. The summed E-state index contributed by atoms with van der Waals surface area (Å²) in [5.41, 5.74) is 1.14. The van der Waals surface area contributed by atoms with E-state index >= 15 is 0 Å². The van der Waals surface area contributed by atoms with Crippen molar-refractivity contribution in [1.82, 2.24) is 10.6 Å². The van der Waals surface area contributed by atoms with Gasteiger partial charge >= 0.3 is 6.03 Å². The highest BCUT2D eigenvalue weighted by Crippen LogP contribution is 2.19. The van der Waals surface area contributed by atoms with Gasteiger partial charge in [-0.05, 0) is 43.2 Å². The van der Waals surface area contributed by atoms with Crippen LogP contribution in [0, 0.1) is 0 Å². The van der Waals surface area contributed by atoms with E-state index in [0.29, 0.717) is 26.3 Å². The summed E-state index contributed by atoms with van der Waals surface area (Å²) in [5.74, 6) is 2.32. The largest absolute Gasteiger partial charge is 0.497 e. The van der Waals surface area contributed by atoms with Crippen LogP contribution in [-0.4, -0.2) is 39.4 Å². The zero-order chi connectivity index (χ0) is 18.6. The number of nitrogens with one attached hydrogen (secondary N) is 2. The molecule has 0 saturated heterocycles. The number of urea groups is 1. The highest BCUT2D eigenvalue weighted by atomic mass is 16.5. The fourth-order valence-electron chi connectivity index (χ4n) is 2.33. The molecular formula is C20H26N2O4. The number of carbonyl (C=O) groups excluding carboxylic acids is 1. The third-order valence-corrected chi connectivity index (χ3v) is 3.63. The van der Waals surface area contributed by atoms with E-state index in [4.69, 9.17) is 14.2 Å². The third kappa shape index (κ3) is 6.93. The molecule has 2 rings (SSSR count). The van der Waals surface area contributed by atoms with E-state index in [-0.39, 0.29) is 6.03 Å². The Morgan fingerprint density at radius 2 is 1.62 bits per heavy atom. The molecule has 0 aliphatic rings. The van der Waals surface area contributed by atoms with Crippen molar-refractivity contribution in [2.24, 2.45) is 0 Å². The maximum atomic E-state index is 11.8. The molecule has 0 aliphatic heterocycles. The summed E-state index contributed by atoms with van der Waals surface area (Å²) in [5, 5.41) is 5.60. The van der Waals surface area contributed by atoms with E-state index in [1.807, 2.05) is 55.5 Å². The van der Waals surface area contributed by atoms with E-state index in [1.54, 1.807) is 7.11 Å². The molecule has 140 valence electrons. The fourth-order valence-corrected chi connectivity index (χ4v) is 2.33. The molecule has 2 amide bonds. The zero-order valence-electron chi connectivity index (χ0n) is 15.3. The van der Waals surface area contributed by atoms with Crippen molar-refractivity contribution < 1.29 is 19.0 Å². The van der Waals surface area contributed by atoms with Gasteiger partial charge in [0.2, 0.25) is 0 Å². The lowest BCUT2D eigenvalue weighted by molar-refractivity contribution is 0.236. The lowest BCUT2D eigenvalue weighted by Crippen LogP contribution is -2.38. The van der Waals surface area contributed by atoms with E-state index < -0.39 is 0 Å². The lowest BCUT2D eigenvalue weighted by Gasteiger charge is -2.10. The minimum Gasteiger partial charge on any atom is -0.497 e. The minimum atomic E-state index is -0.204. The van der Waals surface area contributed by atoms with Gasteiger partial charge in [-0.15, -0.1) is 0 Å². The predicted octanol–water partition coefficient (Wildman–Crippen LogP) is 3.01. The summed E-state index contributed by atoms with van der Waals surface area (Å²) in [6.07, 6.45) is 0.762. The molecule has 0 atom stereocenters. The Balaban J connectivity index is 1.59. The van der Waals surface area contributed by atoms with Crippen molar-refractivity contribution in [3.8, 4) is 17.2 Å². The first-order valence-electron chi connectivity index (χ1n) is 8.71. The molecular weight excluding hydrogens is 332 g/mol. The summed E-state index contributed by atoms with van der Waals surface area (Å²) >= 11 is 0. The van der Waals surface area contributed by atoms with Crippen LogP contribution >= 0.6 is 0 Å². The van der Waals surface area contributed by atoms with Gasteiger partial charge in [0.1, 0.15) is 23.9 Å². The van der Waals surface area contributed by atoms with Crippen molar-refractivity contribution in [2.75, 3.05) is 33.4 Å². The Morgan fingerprint density at radius 1 is 0.923 bits per heavy atom. The standard InChI is InChI=1S/C20H26N2O4/c1-3-25-18-5-4-6-19(15-18)26-14-13-22-20(23)21-12-11-16-7-9-17(24-2)10-8-16/h4-10,15H,3,11-14H2,1-2H3,(H2,21,22,23). The summed E-state index contributed by atoms with van der Waals surface area (Å²) in [6, 6.07) is 15.0. The van der Waals surface area contributed by atoms with E-state index in [1.165, 1.54) is 0 Å². The van der Waals surface area contributed by atoms with Crippen molar-refractivity contribution in [1.29, 1.82) is 0 Å².